The second kappa shape index (κ2) is 13.0. The molecule has 1 fully saturated rings. The second-order valence-corrected chi connectivity index (χ2v) is 12.8. The SMILES string of the molecule is CN(C1CCC(NCc2ccc3cccnc3n2)CC1)S(=O)(=O)c1ccc(Nc2nccc(Nc3ccc(F)cc3)n2)cc1. The molecule has 3 N–H and O–H groups in total. The van der Waals surface area contributed by atoms with Gasteiger partial charge in [-0.05, 0) is 105 Å². The molecule has 0 spiro atoms. The summed E-state index contributed by atoms with van der Waals surface area (Å²) < 4.78 is 41.6. The van der Waals surface area contributed by atoms with Gasteiger partial charge in [0.25, 0.3) is 0 Å². The highest BCUT2D eigenvalue weighted by molar-refractivity contribution is 7.89. The van der Waals surface area contributed by atoms with Crippen molar-refractivity contribution in [1.29, 1.82) is 0 Å². The molecule has 3 heterocycles. The Morgan fingerprint density at radius 1 is 0.818 bits per heavy atom. The number of fused-ring (bicyclic) bond motifs is 1. The summed E-state index contributed by atoms with van der Waals surface area (Å²) >= 11 is 0. The number of hydrogen-bond donors (Lipinski definition) is 3. The van der Waals surface area contributed by atoms with Gasteiger partial charge in [0.05, 0.1) is 10.6 Å². The summed E-state index contributed by atoms with van der Waals surface area (Å²) in [7, 11) is -2.00. The Bertz CT molecular complexity index is 1830. The lowest BCUT2D eigenvalue weighted by Crippen LogP contribution is -2.43. The highest BCUT2D eigenvalue weighted by Crippen LogP contribution is 2.28. The average molecular weight is 613 g/mol. The van der Waals surface area contributed by atoms with Gasteiger partial charge in [0.1, 0.15) is 11.6 Å². The van der Waals surface area contributed by atoms with Crippen LogP contribution in [0.25, 0.3) is 11.0 Å². The Morgan fingerprint density at radius 3 is 2.32 bits per heavy atom. The van der Waals surface area contributed by atoms with E-state index in [0.29, 0.717) is 35.7 Å². The molecule has 1 aliphatic rings. The molecule has 10 nitrogen and oxygen atoms in total. The molecule has 6 rings (SSSR count). The molecular weight excluding hydrogens is 579 g/mol. The van der Waals surface area contributed by atoms with Gasteiger partial charge < -0.3 is 16.0 Å². The zero-order valence-corrected chi connectivity index (χ0v) is 25.0. The maximum absolute atomic E-state index is 13.5. The number of nitrogens with one attached hydrogen (secondary N) is 3. The van der Waals surface area contributed by atoms with E-state index < -0.39 is 10.0 Å². The zero-order chi connectivity index (χ0) is 30.5. The normalized spacial score (nSPS) is 17.1. The summed E-state index contributed by atoms with van der Waals surface area (Å²) in [5.41, 5.74) is 3.02. The molecule has 1 saturated carbocycles. The number of rotatable bonds is 10. The first-order valence-corrected chi connectivity index (χ1v) is 15.9. The topological polar surface area (TPSA) is 125 Å². The quantitative estimate of drug-likeness (QED) is 0.180. The number of sulfonamides is 1. The van der Waals surface area contributed by atoms with Crippen molar-refractivity contribution in [3.05, 3.63) is 103 Å². The van der Waals surface area contributed by atoms with E-state index in [1.165, 1.54) is 16.4 Å². The lowest BCUT2D eigenvalue weighted by Gasteiger charge is -2.34. The molecule has 1 aliphatic carbocycles. The Balaban J connectivity index is 1.01. The van der Waals surface area contributed by atoms with Gasteiger partial charge in [0.2, 0.25) is 16.0 Å². The smallest absolute Gasteiger partial charge is 0.243 e. The Labute approximate surface area is 255 Å². The summed E-state index contributed by atoms with van der Waals surface area (Å²) in [5.74, 6) is 0.549. The first-order chi connectivity index (χ1) is 21.3. The predicted molar refractivity (Wildman–Crippen MR) is 169 cm³/mol. The van der Waals surface area contributed by atoms with Crippen molar-refractivity contribution in [2.75, 3.05) is 17.7 Å². The number of halogens is 1. The van der Waals surface area contributed by atoms with E-state index in [0.717, 1.165) is 42.4 Å². The van der Waals surface area contributed by atoms with E-state index in [4.69, 9.17) is 0 Å². The van der Waals surface area contributed by atoms with Crippen LogP contribution in [0.3, 0.4) is 0 Å². The Morgan fingerprint density at radius 2 is 1.55 bits per heavy atom. The molecule has 3 aromatic heterocycles. The molecule has 226 valence electrons. The van der Waals surface area contributed by atoms with Crippen LogP contribution in [-0.2, 0) is 16.6 Å². The Kier molecular flexibility index (Phi) is 8.73. The van der Waals surface area contributed by atoms with Crippen molar-refractivity contribution < 1.29 is 12.8 Å². The van der Waals surface area contributed by atoms with E-state index in [2.05, 4.69) is 35.9 Å². The van der Waals surface area contributed by atoms with Crippen LogP contribution in [0.5, 0.6) is 0 Å². The van der Waals surface area contributed by atoms with Gasteiger partial charge in [0, 0.05) is 54.8 Å². The van der Waals surface area contributed by atoms with Crippen LogP contribution in [0, 0.1) is 5.82 Å². The van der Waals surface area contributed by atoms with Gasteiger partial charge >= 0.3 is 0 Å². The first kappa shape index (κ1) is 29.5. The van der Waals surface area contributed by atoms with Crippen molar-refractivity contribution >= 4 is 44.2 Å². The van der Waals surface area contributed by atoms with Gasteiger partial charge in [-0.25, -0.2) is 27.8 Å². The minimum atomic E-state index is -3.67. The van der Waals surface area contributed by atoms with Crippen LogP contribution in [-0.4, -0.2) is 51.8 Å². The standard InChI is InChI=1S/C32H33FN8O2S/c1-41(28-14-10-24(11-15-28)36-21-27-7-4-22-3-2-19-34-31(22)38-27)44(42,43)29-16-12-26(13-17-29)39-32-35-20-18-30(40-32)37-25-8-5-23(33)6-9-25/h2-9,12-13,16-20,24,28,36H,10-11,14-15,21H2,1H3,(H2,35,37,39,40). The molecular formula is C32H33FN8O2S. The van der Waals surface area contributed by atoms with Crippen LogP contribution in [0.1, 0.15) is 31.4 Å². The van der Waals surface area contributed by atoms with Crippen LogP contribution >= 0.6 is 0 Å². The predicted octanol–water partition coefficient (Wildman–Crippen LogP) is 5.77. The minimum absolute atomic E-state index is 0.0661. The summed E-state index contributed by atoms with van der Waals surface area (Å²) in [4.78, 5) is 17.9. The van der Waals surface area contributed by atoms with Crippen molar-refractivity contribution in [3.63, 3.8) is 0 Å². The van der Waals surface area contributed by atoms with E-state index >= 15 is 0 Å². The second-order valence-electron chi connectivity index (χ2n) is 10.8. The molecule has 0 unspecified atom stereocenters. The third-order valence-corrected chi connectivity index (χ3v) is 9.79. The summed E-state index contributed by atoms with van der Waals surface area (Å²) in [6.45, 7) is 0.649. The lowest BCUT2D eigenvalue weighted by molar-refractivity contribution is 0.248. The van der Waals surface area contributed by atoms with Crippen LogP contribution < -0.4 is 16.0 Å². The number of nitrogens with zero attached hydrogens (tertiary/aromatic N) is 5. The van der Waals surface area contributed by atoms with Gasteiger partial charge in [-0.15, -0.1) is 0 Å². The van der Waals surface area contributed by atoms with Crippen LogP contribution in [0.15, 0.2) is 96.2 Å². The van der Waals surface area contributed by atoms with Gasteiger partial charge in [0.15, 0.2) is 5.65 Å². The number of anilines is 4. The fourth-order valence-corrected chi connectivity index (χ4v) is 6.77. The molecule has 5 aromatic rings. The van der Waals surface area contributed by atoms with E-state index in [9.17, 15) is 12.8 Å². The lowest BCUT2D eigenvalue weighted by atomic mass is 9.91. The molecule has 0 saturated heterocycles. The molecule has 2 aromatic carbocycles. The number of hydrogen-bond acceptors (Lipinski definition) is 9. The summed E-state index contributed by atoms with van der Waals surface area (Å²) in [6.07, 6.45) is 6.66. The molecule has 0 atom stereocenters. The molecule has 0 amide bonds. The van der Waals surface area contributed by atoms with Gasteiger partial charge in [-0.1, -0.05) is 0 Å². The van der Waals surface area contributed by atoms with Crippen molar-refractivity contribution in [2.45, 2.75) is 49.2 Å². The zero-order valence-electron chi connectivity index (χ0n) is 24.2. The van der Waals surface area contributed by atoms with Crippen LogP contribution in [0.2, 0.25) is 0 Å². The highest BCUT2D eigenvalue weighted by atomic mass is 32.2. The number of pyridine rings is 2. The third-order valence-electron chi connectivity index (χ3n) is 7.86. The molecule has 0 radical (unpaired) electrons. The minimum Gasteiger partial charge on any atom is -0.340 e. The summed E-state index contributed by atoms with van der Waals surface area (Å²) in [6, 6.07) is 22.4. The van der Waals surface area contributed by atoms with Gasteiger partial charge in [-0.3, -0.25) is 0 Å². The van der Waals surface area contributed by atoms with Crippen molar-refractivity contribution in [1.82, 2.24) is 29.6 Å². The molecule has 12 heteroatoms. The van der Waals surface area contributed by atoms with Crippen molar-refractivity contribution in [2.24, 2.45) is 0 Å². The fraction of sp³-hybridized carbons (Fsp3) is 0.250. The Hall–Kier alpha value is -4.52. The van der Waals surface area contributed by atoms with E-state index in [1.54, 1.807) is 61.9 Å². The van der Waals surface area contributed by atoms with Gasteiger partial charge in [-0.2, -0.15) is 9.29 Å². The summed E-state index contributed by atoms with van der Waals surface area (Å²) in [5, 5.41) is 10.8. The van der Waals surface area contributed by atoms with E-state index in [-0.39, 0.29) is 16.8 Å². The first-order valence-electron chi connectivity index (χ1n) is 14.5. The van der Waals surface area contributed by atoms with E-state index in [1.807, 2.05) is 24.3 Å². The monoisotopic (exact) mass is 612 g/mol. The number of benzene rings is 2. The largest absolute Gasteiger partial charge is 0.340 e. The highest BCUT2D eigenvalue weighted by Gasteiger charge is 2.31. The van der Waals surface area contributed by atoms with Crippen molar-refractivity contribution in [3.8, 4) is 0 Å². The van der Waals surface area contributed by atoms with Crippen LogP contribution in [0.4, 0.5) is 27.5 Å². The molecule has 0 bridgehead atoms. The maximum Gasteiger partial charge on any atom is 0.243 e. The third kappa shape index (κ3) is 6.99. The fourth-order valence-electron chi connectivity index (χ4n) is 5.35. The molecule has 44 heavy (non-hydrogen) atoms. The number of aromatic nitrogens is 4. The average Bonchev–Trinajstić information content (AvgIpc) is 3.05. The molecule has 0 aliphatic heterocycles. The maximum atomic E-state index is 13.5.